The van der Waals surface area contributed by atoms with Crippen LogP contribution in [0.1, 0.15) is 10.4 Å². The number of methoxy groups -OCH3 is 3. The van der Waals surface area contributed by atoms with E-state index in [1.54, 1.807) is 30.3 Å². The maximum atomic E-state index is 12.3. The van der Waals surface area contributed by atoms with E-state index in [-0.39, 0.29) is 5.91 Å². The molecule has 0 atom stereocenters. The molecule has 0 spiro atoms. The molecule has 0 bridgehead atoms. The number of nitrogens with one attached hydrogen (secondary N) is 1. The molecule has 2 aromatic rings. The Balaban J connectivity index is 2.31. The van der Waals surface area contributed by atoms with Crippen LogP contribution in [-0.2, 0) is 0 Å². The minimum absolute atomic E-state index is 0.226. The topological polar surface area (TPSA) is 56.8 Å². The number of carbonyl (C=O) groups is 1. The predicted molar refractivity (Wildman–Crippen MR) is 88.2 cm³/mol. The summed E-state index contributed by atoms with van der Waals surface area (Å²) in [5, 5.41) is 2.81. The van der Waals surface area contributed by atoms with Gasteiger partial charge in [-0.25, -0.2) is 0 Å². The molecule has 0 aliphatic carbocycles. The van der Waals surface area contributed by atoms with Crippen LogP contribution in [0.2, 0.25) is 0 Å². The first-order chi connectivity index (χ1) is 10.6. The fourth-order valence-electron chi connectivity index (χ4n) is 1.99. The molecule has 2 rings (SSSR count). The van der Waals surface area contributed by atoms with Crippen molar-refractivity contribution < 1.29 is 19.0 Å². The van der Waals surface area contributed by atoms with Crippen molar-refractivity contribution in [3.63, 3.8) is 0 Å². The second kappa shape index (κ2) is 7.17. The summed E-state index contributed by atoms with van der Waals surface area (Å²) in [5.74, 6) is 1.21. The van der Waals surface area contributed by atoms with Gasteiger partial charge in [0.15, 0.2) is 11.5 Å². The van der Waals surface area contributed by atoms with Crippen LogP contribution in [0, 0.1) is 0 Å². The first-order valence-electron chi connectivity index (χ1n) is 6.46. The summed E-state index contributed by atoms with van der Waals surface area (Å²) in [6.07, 6.45) is 0. The third kappa shape index (κ3) is 3.51. The Morgan fingerprint density at radius 2 is 1.64 bits per heavy atom. The van der Waals surface area contributed by atoms with Gasteiger partial charge in [-0.2, -0.15) is 0 Å². The van der Waals surface area contributed by atoms with E-state index in [0.717, 1.165) is 4.47 Å². The number of anilines is 1. The number of ether oxygens (including phenoxy) is 3. The Labute approximate surface area is 137 Å². The quantitative estimate of drug-likeness (QED) is 0.876. The van der Waals surface area contributed by atoms with Gasteiger partial charge in [-0.1, -0.05) is 22.0 Å². The van der Waals surface area contributed by atoms with Gasteiger partial charge in [-0.3, -0.25) is 4.79 Å². The van der Waals surface area contributed by atoms with Gasteiger partial charge < -0.3 is 19.5 Å². The lowest BCUT2D eigenvalue weighted by Crippen LogP contribution is -2.12. The predicted octanol–water partition coefficient (Wildman–Crippen LogP) is 3.73. The molecule has 116 valence electrons. The van der Waals surface area contributed by atoms with Crippen molar-refractivity contribution in [3.05, 3.63) is 46.4 Å². The van der Waals surface area contributed by atoms with E-state index >= 15 is 0 Å². The summed E-state index contributed by atoms with van der Waals surface area (Å²) in [5.41, 5.74) is 1.10. The highest BCUT2D eigenvalue weighted by Crippen LogP contribution is 2.40. The number of amides is 1. The number of rotatable bonds is 5. The number of benzene rings is 2. The molecular formula is C16H16BrNO4. The Kier molecular flexibility index (Phi) is 5.27. The average Bonchev–Trinajstić information content (AvgIpc) is 2.53. The van der Waals surface area contributed by atoms with Crippen molar-refractivity contribution in [1.82, 2.24) is 0 Å². The molecule has 0 fully saturated rings. The van der Waals surface area contributed by atoms with Crippen molar-refractivity contribution in [3.8, 4) is 17.2 Å². The first-order valence-corrected chi connectivity index (χ1v) is 7.25. The Morgan fingerprint density at radius 1 is 1.00 bits per heavy atom. The molecule has 0 saturated heterocycles. The normalized spacial score (nSPS) is 10.0. The van der Waals surface area contributed by atoms with Crippen LogP contribution < -0.4 is 19.5 Å². The minimum Gasteiger partial charge on any atom is -0.493 e. The monoisotopic (exact) mass is 365 g/mol. The third-order valence-electron chi connectivity index (χ3n) is 3.01. The standard InChI is InChI=1S/C16H16BrNO4/c1-20-13-8-12(9-14(21-2)15(13)22-3)18-16(19)10-5-4-6-11(17)7-10/h4-9H,1-3H3,(H,18,19). The third-order valence-corrected chi connectivity index (χ3v) is 3.50. The molecule has 0 heterocycles. The zero-order valence-corrected chi connectivity index (χ0v) is 14.1. The van der Waals surface area contributed by atoms with E-state index in [1.807, 2.05) is 6.07 Å². The SMILES string of the molecule is COc1cc(NC(=O)c2cccc(Br)c2)cc(OC)c1OC. The summed E-state index contributed by atoms with van der Waals surface area (Å²) in [7, 11) is 4.58. The van der Waals surface area contributed by atoms with Crippen LogP contribution >= 0.6 is 15.9 Å². The van der Waals surface area contributed by atoms with Gasteiger partial charge >= 0.3 is 0 Å². The molecule has 22 heavy (non-hydrogen) atoms. The van der Waals surface area contributed by atoms with E-state index in [4.69, 9.17) is 14.2 Å². The Morgan fingerprint density at radius 3 is 2.14 bits per heavy atom. The first kappa shape index (κ1) is 16.2. The maximum Gasteiger partial charge on any atom is 0.255 e. The fourth-order valence-corrected chi connectivity index (χ4v) is 2.39. The molecule has 0 radical (unpaired) electrons. The molecule has 0 saturated carbocycles. The van der Waals surface area contributed by atoms with Gasteiger partial charge in [-0.05, 0) is 18.2 Å². The smallest absolute Gasteiger partial charge is 0.255 e. The molecule has 0 aliphatic rings. The van der Waals surface area contributed by atoms with Gasteiger partial charge in [0.25, 0.3) is 5.91 Å². The zero-order valence-electron chi connectivity index (χ0n) is 12.5. The zero-order chi connectivity index (χ0) is 16.1. The Bertz CT molecular complexity index is 663. The van der Waals surface area contributed by atoms with E-state index in [9.17, 15) is 4.79 Å². The molecule has 2 aromatic carbocycles. The van der Waals surface area contributed by atoms with Crippen LogP contribution in [0.5, 0.6) is 17.2 Å². The molecule has 1 amide bonds. The van der Waals surface area contributed by atoms with Crippen LogP contribution in [-0.4, -0.2) is 27.2 Å². The van der Waals surface area contributed by atoms with E-state index < -0.39 is 0 Å². The summed E-state index contributed by atoms with van der Waals surface area (Å²) in [4.78, 5) is 12.3. The number of halogens is 1. The van der Waals surface area contributed by atoms with Gasteiger partial charge in [0.2, 0.25) is 5.75 Å². The minimum atomic E-state index is -0.226. The maximum absolute atomic E-state index is 12.3. The van der Waals surface area contributed by atoms with Crippen LogP contribution in [0.25, 0.3) is 0 Å². The van der Waals surface area contributed by atoms with Crippen molar-refractivity contribution >= 4 is 27.5 Å². The van der Waals surface area contributed by atoms with Crippen molar-refractivity contribution in [1.29, 1.82) is 0 Å². The Hall–Kier alpha value is -2.21. The molecule has 1 N–H and O–H groups in total. The van der Waals surface area contributed by atoms with Crippen LogP contribution in [0.4, 0.5) is 5.69 Å². The molecule has 0 aromatic heterocycles. The second-order valence-corrected chi connectivity index (χ2v) is 5.29. The second-order valence-electron chi connectivity index (χ2n) is 4.38. The highest BCUT2D eigenvalue weighted by atomic mass is 79.9. The highest BCUT2D eigenvalue weighted by molar-refractivity contribution is 9.10. The van der Waals surface area contributed by atoms with Crippen LogP contribution in [0.15, 0.2) is 40.9 Å². The number of hydrogen-bond donors (Lipinski definition) is 1. The van der Waals surface area contributed by atoms with Crippen LogP contribution in [0.3, 0.4) is 0 Å². The largest absolute Gasteiger partial charge is 0.493 e. The lowest BCUT2D eigenvalue weighted by molar-refractivity contribution is 0.102. The summed E-state index contributed by atoms with van der Waals surface area (Å²) in [6.45, 7) is 0. The molecular weight excluding hydrogens is 350 g/mol. The summed E-state index contributed by atoms with van der Waals surface area (Å²) < 4.78 is 16.6. The van der Waals surface area contributed by atoms with Gasteiger partial charge in [0.05, 0.1) is 21.3 Å². The molecule has 6 heteroatoms. The summed E-state index contributed by atoms with van der Waals surface area (Å²) in [6, 6.07) is 10.5. The number of carbonyl (C=O) groups excluding carboxylic acids is 1. The molecule has 5 nitrogen and oxygen atoms in total. The molecule has 0 unspecified atom stereocenters. The van der Waals surface area contributed by atoms with Gasteiger partial charge in [-0.15, -0.1) is 0 Å². The average molecular weight is 366 g/mol. The van der Waals surface area contributed by atoms with Crippen molar-refractivity contribution in [2.75, 3.05) is 26.6 Å². The lowest BCUT2D eigenvalue weighted by atomic mass is 10.2. The summed E-state index contributed by atoms with van der Waals surface area (Å²) >= 11 is 3.34. The van der Waals surface area contributed by atoms with Crippen molar-refractivity contribution in [2.24, 2.45) is 0 Å². The fraction of sp³-hybridized carbons (Fsp3) is 0.188. The van der Waals surface area contributed by atoms with E-state index in [0.29, 0.717) is 28.5 Å². The van der Waals surface area contributed by atoms with Gasteiger partial charge in [0, 0.05) is 27.9 Å². The molecule has 0 aliphatic heterocycles. The van der Waals surface area contributed by atoms with E-state index in [1.165, 1.54) is 21.3 Å². The van der Waals surface area contributed by atoms with Gasteiger partial charge in [0.1, 0.15) is 0 Å². The van der Waals surface area contributed by atoms with Crippen molar-refractivity contribution in [2.45, 2.75) is 0 Å². The lowest BCUT2D eigenvalue weighted by Gasteiger charge is -2.14. The van der Waals surface area contributed by atoms with E-state index in [2.05, 4.69) is 21.2 Å². The number of hydrogen-bond acceptors (Lipinski definition) is 4. The highest BCUT2D eigenvalue weighted by Gasteiger charge is 2.15.